The summed E-state index contributed by atoms with van der Waals surface area (Å²) in [5, 5.41) is 36.7. The second-order valence-corrected chi connectivity index (χ2v) is 4.77. The minimum absolute atomic E-state index is 0.0392. The normalized spacial score (nSPS) is 10.8. The molecule has 0 saturated heterocycles. The standard InChI is InChI=1S/C18H5F3N4/c1-9-10(5-22)2-12(14(7-24)13(9)6-23)15(8-25)18-16(20)3-11(19)4-17(18)21/h2-4H,1H2/b15-12+. The van der Waals surface area contributed by atoms with Crippen molar-refractivity contribution >= 4 is 12.2 Å². The van der Waals surface area contributed by atoms with Gasteiger partial charge in [0.1, 0.15) is 35.7 Å². The van der Waals surface area contributed by atoms with Crippen LogP contribution >= 0.6 is 0 Å². The van der Waals surface area contributed by atoms with Crippen LogP contribution in [0.4, 0.5) is 13.2 Å². The summed E-state index contributed by atoms with van der Waals surface area (Å²) < 4.78 is 41.2. The molecule has 0 aliphatic heterocycles. The lowest BCUT2D eigenvalue weighted by atomic mass is 9.94. The van der Waals surface area contributed by atoms with E-state index in [0.717, 1.165) is 6.07 Å². The second kappa shape index (κ2) is 6.59. The highest BCUT2D eigenvalue weighted by Crippen LogP contribution is 2.21. The average Bonchev–Trinajstić information content (AvgIpc) is 2.57. The molecule has 2 aromatic rings. The molecular weight excluding hydrogens is 329 g/mol. The predicted molar refractivity (Wildman–Crippen MR) is 79.8 cm³/mol. The van der Waals surface area contributed by atoms with Gasteiger partial charge in [-0.05, 0) is 6.07 Å². The van der Waals surface area contributed by atoms with Gasteiger partial charge in [-0.15, -0.1) is 0 Å². The highest BCUT2D eigenvalue weighted by Gasteiger charge is 2.19. The van der Waals surface area contributed by atoms with Crippen LogP contribution in [0.1, 0.15) is 22.3 Å². The summed E-state index contributed by atoms with van der Waals surface area (Å²) in [6, 6.07) is 8.48. The van der Waals surface area contributed by atoms with Crippen LogP contribution < -0.4 is 10.4 Å². The van der Waals surface area contributed by atoms with E-state index in [1.165, 1.54) is 0 Å². The molecule has 0 aromatic heterocycles. The molecule has 0 aliphatic rings. The van der Waals surface area contributed by atoms with Gasteiger partial charge < -0.3 is 0 Å². The van der Waals surface area contributed by atoms with Crippen molar-refractivity contribution in [2.75, 3.05) is 0 Å². The van der Waals surface area contributed by atoms with Gasteiger partial charge in [0.05, 0.1) is 33.9 Å². The zero-order chi connectivity index (χ0) is 18.7. The molecule has 0 aliphatic carbocycles. The molecule has 0 unspecified atom stereocenters. The van der Waals surface area contributed by atoms with E-state index in [2.05, 4.69) is 6.58 Å². The van der Waals surface area contributed by atoms with Crippen LogP contribution in [0.3, 0.4) is 0 Å². The number of hydrogen-bond acceptors (Lipinski definition) is 4. The van der Waals surface area contributed by atoms with E-state index in [9.17, 15) is 29.0 Å². The Morgan fingerprint density at radius 3 is 1.84 bits per heavy atom. The Bertz CT molecular complexity index is 1160. The van der Waals surface area contributed by atoms with Crippen molar-refractivity contribution in [2.45, 2.75) is 0 Å². The van der Waals surface area contributed by atoms with E-state index in [1.54, 1.807) is 24.3 Å². The molecule has 0 atom stereocenters. The Morgan fingerprint density at radius 1 is 0.840 bits per heavy atom. The number of nitrogens with zero attached hydrogens (tertiary/aromatic N) is 4. The fourth-order valence-electron chi connectivity index (χ4n) is 2.29. The number of nitriles is 4. The van der Waals surface area contributed by atoms with E-state index in [1.807, 2.05) is 0 Å². The lowest BCUT2D eigenvalue weighted by Crippen LogP contribution is -2.24. The lowest BCUT2D eigenvalue weighted by Gasteiger charge is -2.06. The minimum atomic E-state index is -1.35. The Balaban J connectivity index is 3.19. The SMILES string of the molecule is C=c1c(C#N)c/c(=C(/C#N)c2c(F)cc(F)cc2F)c(C#N)c1C#N. The van der Waals surface area contributed by atoms with Gasteiger partial charge in [-0.1, -0.05) is 6.58 Å². The molecule has 0 spiro atoms. The summed E-state index contributed by atoms with van der Waals surface area (Å²) in [5.74, 6) is -3.89. The van der Waals surface area contributed by atoms with Crippen molar-refractivity contribution in [3.63, 3.8) is 0 Å². The fourth-order valence-corrected chi connectivity index (χ4v) is 2.29. The first kappa shape index (κ1) is 17.3. The van der Waals surface area contributed by atoms with E-state index < -0.39 is 28.6 Å². The van der Waals surface area contributed by atoms with E-state index >= 15 is 0 Å². The average molecular weight is 334 g/mol. The van der Waals surface area contributed by atoms with Crippen molar-refractivity contribution in [3.05, 3.63) is 68.3 Å². The maximum atomic E-state index is 14.0. The molecule has 0 fully saturated rings. The highest BCUT2D eigenvalue weighted by atomic mass is 19.1. The number of rotatable bonds is 1. The Kier molecular flexibility index (Phi) is 4.55. The number of halogens is 3. The summed E-state index contributed by atoms with van der Waals surface area (Å²) in [4.78, 5) is 0. The van der Waals surface area contributed by atoms with E-state index in [0.29, 0.717) is 12.1 Å². The molecule has 2 rings (SSSR count). The predicted octanol–water partition coefficient (Wildman–Crippen LogP) is 1.85. The van der Waals surface area contributed by atoms with Gasteiger partial charge in [-0.25, -0.2) is 13.2 Å². The third-order valence-corrected chi connectivity index (χ3v) is 3.42. The molecule has 25 heavy (non-hydrogen) atoms. The molecule has 4 nitrogen and oxygen atoms in total. The van der Waals surface area contributed by atoms with Crippen molar-refractivity contribution in [3.8, 4) is 24.3 Å². The first-order valence-corrected chi connectivity index (χ1v) is 6.55. The van der Waals surface area contributed by atoms with Gasteiger partial charge in [0.2, 0.25) is 0 Å². The molecular formula is C18H5F3N4. The minimum Gasteiger partial charge on any atom is -0.207 e. The number of benzene rings is 2. The molecule has 0 bridgehead atoms. The van der Waals surface area contributed by atoms with Crippen LogP contribution in [0.15, 0.2) is 18.2 Å². The first-order chi connectivity index (χ1) is 11.9. The number of hydrogen-bond donors (Lipinski definition) is 0. The van der Waals surface area contributed by atoms with E-state index in [4.69, 9.17) is 5.26 Å². The maximum absolute atomic E-state index is 14.0. The van der Waals surface area contributed by atoms with Crippen LogP contribution in [0.25, 0.3) is 12.2 Å². The quantitative estimate of drug-likeness (QED) is 0.795. The van der Waals surface area contributed by atoms with Crippen LogP contribution in [0, 0.1) is 62.8 Å². The zero-order valence-electron chi connectivity index (χ0n) is 12.4. The van der Waals surface area contributed by atoms with Crippen molar-refractivity contribution in [2.24, 2.45) is 0 Å². The van der Waals surface area contributed by atoms with Crippen LogP contribution in [0.2, 0.25) is 0 Å². The highest BCUT2D eigenvalue weighted by molar-refractivity contribution is 5.79. The molecule has 0 saturated carbocycles. The summed E-state index contributed by atoms with van der Waals surface area (Å²) in [6.45, 7) is 3.53. The van der Waals surface area contributed by atoms with Gasteiger partial charge in [-0.3, -0.25) is 0 Å². The van der Waals surface area contributed by atoms with Gasteiger partial charge in [-0.2, -0.15) is 21.0 Å². The zero-order valence-corrected chi connectivity index (χ0v) is 12.4. The lowest BCUT2D eigenvalue weighted by molar-refractivity contribution is 0.539. The molecule has 0 N–H and O–H groups in total. The Hall–Kier alpha value is -4.07. The van der Waals surface area contributed by atoms with Crippen molar-refractivity contribution < 1.29 is 13.2 Å². The topological polar surface area (TPSA) is 95.2 Å². The first-order valence-electron chi connectivity index (χ1n) is 6.55. The largest absolute Gasteiger partial charge is 0.207 e. The summed E-state index contributed by atoms with van der Waals surface area (Å²) in [7, 11) is 0. The molecule has 0 radical (unpaired) electrons. The van der Waals surface area contributed by atoms with E-state index in [-0.39, 0.29) is 27.1 Å². The molecule has 2 aromatic carbocycles. The van der Waals surface area contributed by atoms with Gasteiger partial charge in [0.25, 0.3) is 0 Å². The molecule has 0 heterocycles. The molecule has 7 heteroatoms. The maximum Gasteiger partial charge on any atom is 0.137 e. The smallest absolute Gasteiger partial charge is 0.137 e. The van der Waals surface area contributed by atoms with Crippen LogP contribution in [0.5, 0.6) is 0 Å². The van der Waals surface area contributed by atoms with Crippen molar-refractivity contribution in [1.29, 1.82) is 21.0 Å². The van der Waals surface area contributed by atoms with Crippen LogP contribution in [-0.2, 0) is 0 Å². The summed E-state index contributed by atoms with van der Waals surface area (Å²) in [6.07, 6.45) is 0. The third kappa shape index (κ3) is 2.79. The summed E-state index contributed by atoms with van der Waals surface area (Å²) >= 11 is 0. The Morgan fingerprint density at radius 2 is 1.40 bits per heavy atom. The Labute approximate surface area is 139 Å². The van der Waals surface area contributed by atoms with Crippen LogP contribution in [-0.4, -0.2) is 0 Å². The summed E-state index contributed by atoms with van der Waals surface area (Å²) in [5.41, 5.74) is -2.27. The molecule has 0 amide bonds. The van der Waals surface area contributed by atoms with Gasteiger partial charge >= 0.3 is 0 Å². The molecule has 118 valence electrons. The second-order valence-electron chi connectivity index (χ2n) is 4.77. The van der Waals surface area contributed by atoms with Crippen molar-refractivity contribution in [1.82, 2.24) is 0 Å². The third-order valence-electron chi connectivity index (χ3n) is 3.42. The fraction of sp³-hybridized carbons (Fsp3) is 0. The van der Waals surface area contributed by atoms with Gasteiger partial charge in [0, 0.05) is 22.6 Å². The van der Waals surface area contributed by atoms with Gasteiger partial charge in [0.15, 0.2) is 0 Å². The monoisotopic (exact) mass is 334 g/mol.